The molecule has 2 rings (SSSR count). The molecule has 15 heavy (non-hydrogen) atoms. The van der Waals surface area contributed by atoms with E-state index < -0.39 is 0 Å². The smallest absolute Gasteiger partial charge is 0.0352 e. The minimum absolute atomic E-state index is 0.328. The third-order valence-electron chi connectivity index (χ3n) is 3.46. The summed E-state index contributed by atoms with van der Waals surface area (Å²) in [5.41, 5.74) is 8.71. The van der Waals surface area contributed by atoms with Gasteiger partial charge in [-0.15, -0.1) is 0 Å². The van der Waals surface area contributed by atoms with Crippen LogP contribution < -0.4 is 5.73 Å². The van der Waals surface area contributed by atoms with Crippen molar-refractivity contribution in [2.75, 3.05) is 26.4 Å². The fourth-order valence-electron chi connectivity index (χ4n) is 2.70. The van der Waals surface area contributed by atoms with Gasteiger partial charge in [-0.05, 0) is 38.6 Å². The van der Waals surface area contributed by atoms with Crippen LogP contribution in [0.3, 0.4) is 0 Å². The van der Waals surface area contributed by atoms with E-state index in [1.54, 1.807) is 0 Å². The Morgan fingerprint density at radius 3 is 2.40 bits per heavy atom. The molecule has 2 N–H and O–H groups in total. The van der Waals surface area contributed by atoms with Crippen molar-refractivity contribution in [1.82, 2.24) is 4.90 Å². The first-order chi connectivity index (χ1) is 7.14. The molecule has 0 saturated heterocycles. The summed E-state index contributed by atoms with van der Waals surface area (Å²) in [6, 6.07) is 8.32. The van der Waals surface area contributed by atoms with Gasteiger partial charge in [-0.3, -0.25) is 0 Å². The minimum Gasteiger partial charge on any atom is -0.398 e. The number of hydrogen-bond acceptors (Lipinski definition) is 2. The molecule has 0 aromatic heterocycles. The second-order valence-electron chi connectivity index (χ2n) is 4.96. The van der Waals surface area contributed by atoms with Crippen LogP contribution in [0, 0.1) is 0 Å². The lowest BCUT2D eigenvalue weighted by molar-refractivity contribution is 0.178. The molecule has 1 aliphatic rings. The second kappa shape index (κ2) is 3.86. The lowest BCUT2D eigenvalue weighted by Crippen LogP contribution is -2.43. The average Bonchev–Trinajstić information content (AvgIpc) is 2.12. The van der Waals surface area contributed by atoms with Crippen molar-refractivity contribution < 1.29 is 0 Å². The molecule has 0 atom stereocenters. The van der Waals surface area contributed by atoms with E-state index in [4.69, 9.17) is 5.73 Å². The first-order valence-electron chi connectivity index (χ1n) is 5.64. The van der Waals surface area contributed by atoms with Crippen LogP contribution in [0.4, 0.5) is 5.69 Å². The van der Waals surface area contributed by atoms with E-state index in [-0.39, 0.29) is 0 Å². The summed E-state index contributed by atoms with van der Waals surface area (Å²) < 4.78 is 0. The Labute approximate surface area is 92.1 Å². The van der Waals surface area contributed by atoms with Crippen molar-refractivity contribution in [2.45, 2.75) is 24.7 Å². The number of likely N-dealkylation sites (N-methyl/N-ethyl adjacent to an activating group) is 1. The van der Waals surface area contributed by atoms with Gasteiger partial charge in [-0.2, -0.15) is 0 Å². The van der Waals surface area contributed by atoms with Crippen LogP contribution in [0.1, 0.15) is 24.8 Å². The Hall–Kier alpha value is -1.02. The third-order valence-corrected chi connectivity index (χ3v) is 3.46. The maximum atomic E-state index is 6.07. The van der Waals surface area contributed by atoms with Gasteiger partial charge < -0.3 is 10.6 Å². The highest BCUT2D eigenvalue weighted by Gasteiger charge is 2.39. The minimum atomic E-state index is 0.328. The number of hydrogen-bond donors (Lipinski definition) is 1. The second-order valence-corrected chi connectivity index (χ2v) is 4.96. The van der Waals surface area contributed by atoms with Crippen LogP contribution in [-0.2, 0) is 5.41 Å². The topological polar surface area (TPSA) is 29.3 Å². The van der Waals surface area contributed by atoms with Crippen molar-refractivity contribution in [1.29, 1.82) is 0 Å². The van der Waals surface area contributed by atoms with E-state index in [1.165, 1.54) is 24.8 Å². The molecule has 0 aliphatic heterocycles. The quantitative estimate of drug-likeness (QED) is 0.765. The summed E-state index contributed by atoms with van der Waals surface area (Å²) in [4.78, 5) is 2.27. The number of nitrogens with zero attached hydrogens (tertiary/aromatic N) is 1. The van der Waals surface area contributed by atoms with Gasteiger partial charge in [0.15, 0.2) is 0 Å². The molecule has 0 amide bonds. The maximum Gasteiger partial charge on any atom is 0.0352 e. The van der Waals surface area contributed by atoms with Gasteiger partial charge in [0, 0.05) is 17.6 Å². The number of para-hydroxylation sites is 1. The summed E-state index contributed by atoms with van der Waals surface area (Å²) >= 11 is 0. The van der Waals surface area contributed by atoms with Crippen LogP contribution in [0.5, 0.6) is 0 Å². The maximum absolute atomic E-state index is 6.07. The van der Waals surface area contributed by atoms with Crippen LogP contribution in [0.15, 0.2) is 24.3 Å². The molecular formula is C13H20N2. The third kappa shape index (κ3) is 1.86. The van der Waals surface area contributed by atoms with Gasteiger partial charge in [0.25, 0.3) is 0 Å². The molecule has 1 fully saturated rings. The molecule has 82 valence electrons. The molecule has 1 aromatic rings. The molecule has 2 heteroatoms. The highest BCUT2D eigenvalue weighted by molar-refractivity contribution is 5.51. The van der Waals surface area contributed by atoms with E-state index in [2.05, 4.69) is 31.1 Å². The van der Waals surface area contributed by atoms with Gasteiger partial charge in [-0.25, -0.2) is 0 Å². The molecule has 1 aromatic carbocycles. The molecule has 2 nitrogen and oxygen atoms in total. The van der Waals surface area contributed by atoms with E-state index in [1.807, 2.05) is 12.1 Å². The van der Waals surface area contributed by atoms with Crippen molar-refractivity contribution in [3.8, 4) is 0 Å². The lowest BCUT2D eigenvalue weighted by Gasteiger charge is -2.44. The number of anilines is 1. The molecule has 0 heterocycles. The fourth-order valence-corrected chi connectivity index (χ4v) is 2.70. The first kappa shape index (κ1) is 10.5. The molecule has 0 bridgehead atoms. The monoisotopic (exact) mass is 204 g/mol. The van der Waals surface area contributed by atoms with Crippen molar-refractivity contribution in [2.24, 2.45) is 0 Å². The Kier molecular flexibility index (Phi) is 2.70. The van der Waals surface area contributed by atoms with E-state index in [0.717, 1.165) is 12.2 Å². The predicted octanol–water partition coefficient (Wildman–Crippen LogP) is 2.25. The van der Waals surface area contributed by atoms with Crippen molar-refractivity contribution >= 4 is 5.69 Å². The largest absolute Gasteiger partial charge is 0.398 e. The highest BCUT2D eigenvalue weighted by atomic mass is 15.1. The molecule has 0 radical (unpaired) electrons. The van der Waals surface area contributed by atoms with E-state index in [9.17, 15) is 0 Å². The Morgan fingerprint density at radius 1 is 1.27 bits per heavy atom. The fraction of sp³-hybridized carbons (Fsp3) is 0.538. The average molecular weight is 204 g/mol. The highest BCUT2D eigenvalue weighted by Crippen LogP contribution is 2.45. The van der Waals surface area contributed by atoms with Gasteiger partial charge in [0.05, 0.1) is 0 Å². The van der Waals surface area contributed by atoms with Gasteiger partial charge in [0.2, 0.25) is 0 Å². The summed E-state index contributed by atoms with van der Waals surface area (Å²) in [5.74, 6) is 0. The number of benzene rings is 1. The molecule has 1 saturated carbocycles. The number of nitrogen functional groups attached to an aromatic ring is 1. The Bertz CT molecular complexity index is 340. The van der Waals surface area contributed by atoms with E-state index in [0.29, 0.717) is 5.41 Å². The molecular weight excluding hydrogens is 184 g/mol. The summed E-state index contributed by atoms with van der Waals surface area (Å²) in [6.07, 6.45) is 3.89. The number of rotatable bonds is 3. The summed E-state index contributed by atoms with van der Waals surface area (Å²) in [7, 11) is 4.28. The van der Waals surface area contributed by atoms with Crippen molar-refractivity contribution in [3.63, 3.8) is 0 Å². The Morgan fingerprint density at radius 2 is 1.93 bits per heavy atom. The van der Waals surface area contributed by atoms with Crippen LogP contribution in [-0.4, -0.2) is 25.5 Å². The predicted molar refractivity (Wildman–Crippen MR) is 64.9 cm³/mol. The van der Waals surface area contributed by atoms with Gasteiger partial charge in [0.1, 0.15) is 0 Å². The van der Waals surface area contributed by atoms with E-state index >= 15 is 0 Å². The summed E-state index contributed by atoms with van der Waals surface area (Å²) in [5, 5.41) is 0. The van der Waals surface area contributed by atoms with Crippen molar-refractivity contribution in [3.05, 3.63) is 29.8 Å². The SMILES string of the molecule is CN(C)CC1(c2ccccc2N)CCC1. The molecule has 0 unspecified atom stereocenters. The van der Waals surface area contributed by atoms with Crippen LogP contribution in [0.25, 0.3) is 0 Å². The van der Waals surface area contributed by atoms with Crippen LogP contribution in [0.2, 0.25) is 0 Å². The standard InChI is InChI=1S/C13H20N2/c1-15(2)10-13(8-5-9-13)11-6-3-4-7-12(11)14/h3-4,6-7H,5,8-10,14H2,1-2H3. The number of nitrogens with two attached hydrogens (primary N) is 1. The summed E-state index contributed by atoms with van der Waals surface area (Å²) in [6.45, 7) is 1.11. The zero-order valence-electron chi connectivity index (χ0n) is 9.66. The normalized spacial score (nSPS) is 18.9. The lowest BCUT2D eigenvalue weighted by atomic mass is 9.64. The molecule has 0 spiro atoms. The van der Waals surface area contributed by atoms with Gasteiger partial charge in [-0.1, -0.05) is 24.6 Å². The van der Waals surface area contributed by atoms with Gasteiger partial charge >= 0.3 is 0 Å². The Balaban J connectivity index is 2.30. The zero-order valence-corrected chi connectivity index (χ0v) is 9.66. The first-order valence-corrected chi connectivity index (χ1v) is 5.64. The zero-order chi connectivity index (χ0) is 10.9. The van der Waals surface area contributed by atoms with Crippen LogP contribution >= 0.6 is 0 Å². The molecule has 1 aliphatic carbocycles.